The normalized spacial score (nSPS) is 11.1. The van der Waals surface area contributed by atoms with E-state index in [1.165, 1.54) is 30.9 Å². The highest BCUT2D eigenvalue weighted by Gasteiger charge is 2.22. The summed E-state index contributed by atoms with van der Waals surface area (Å²) in [5.41, 5.74) is 2.34. The number of sulfonamides is 1. The van der Waals surface area contributed by atoms with E-state index in [0.29, 0.717) is 35.0 Å². The molecular weight excluding hydrogens is 502 g/mol. The molecule has 36 heavy (non-hydrogen) atoms. The van der Waals surface area contributed by atoms with Gasteiger partial charge in [-0.05, 0) is 37.5 Å². The average molecular weight is 532 g/mol. The van der Waals surface area contributed by atoms with Gasteiger partial charge in [0.2, 0.25) is 10.0 Å². The molecule has 0 aliphatic carbocycles. The Labute approximate surface area is 215 Å². The molecule has 9 nitrogen and oxygen atoms in total. The topological polar surface area (TPSA) is 115 Å². The van der Waals surface area contributed by atoms with Gasteiger partial charge in [-0.25, -0.2) is 18.1 Å². The highest BCUT2D eigenvalue weighted by atomic mass is 32.2. The molecule has 2 aromatic carbocycles. The molecule has 0 aliphatic heterocycles. The van der Waals surface area contributed by atoms with E-state index in [1.807, 2.05) is 42.0 Å². The second kappa shape index (κ2) is 12.0. The van der Waals surface area contributed by atoms with Gasteiger partial charge in [-0.15, -0.1) is 11.3 Å². The van der Waals surface area contributed by atoms with Gasteiger partial charge in [-0.1, -0.05) is 30.3 Å². The van der Waals surface area contributed by atoms with Crippen LogP contribution in [-0.4, -0.2) is 57.1 Å². The summed E-state index contributed by atoms with van der Waals surface area (Å²) in [4.78, 5) is 31.7. The fourth-order valence-corrected chi connectivity index (χ4v) is 4.87. The zero-order chi connectivity index (χ0) is 26.3. The van der Waals surface area contributed by atoms with E-state index in [-0.39, 0.29) is 18.1 Å². The van der Waals surface area contributed by atoms with Crippen molar-refractivity contribution in [3.05, 3.63) is 75.2 Å². The second-order valence-electron chi connectivity index (χ2n) is 8.15. The lowest BCUT2D eigenvalue weighted by Crippen LogP contribution is -2.32. The first kappa shape index (κ1) is 27.2. The van der Waals surface area contributed by atoms with Crippen LogP contribution >= 0.6 is 11.3 Å². The molecular formula is C25H29N3O6S2. The molecule has 3 rings (SSSR count). The number of nitrogens with one attached hydrogen (secondary N) is 1. The fourth-order valence-electron chi connectivity index (χ4n) is 3.64. The third kappa shape index (κ3) is 7.28. The summed E-state index contributed by atoms with van der Waals surface area (Å²) in [6, 6.07) is 13.3. The van der Waals surface area contributed by atoms with Crippen molar-refractivity contribution < 1.29 is 27.5 Å². The maximum absolute atomic E-state index is 13.6. The predicted molar refractivity (Wildman–Crippen MR) is 138 cm³/mol. The number of rotatable bonds is 11. The number of aryl methyl sites for hydroxylation is 1. The maximum Gasteiger partial charge on any atom is 0.284 e. The molecule has 11 heteroatoms. The molecule has 0 saturated carbocycles. The summed E-state index contributed by atoms with van der Waals surface area (Å²) in [5, 5.41) is 1.98. The number of carbonyl (C=O) groups excluding carboxylic acids is 2. The number of ether oxygens (including phenoxy) is 2. The summed E-state index contributed by atoms with van der Waals surface area (Å²) < 4.78 is 35.5. The summed E-state index contributed by atoms with van der Waals surface area (Å²) in [7, 11) is -0.645. The number of aromatic nitrogens is 1. The Morgan fingerprint density at radius 2 is 1.72 bits per heavy atom. The smallest absolute Gasteiger partial charge is 0.284 e. The first-order valence-electron chi connectivity index (χ1n) is 11.1. The molecule has 2 amide bonds. The van der Waals surface area contributed by atoms with Crippen molar-refractivity contribution >= 4 is 33.2 Å². The molecule has 0 bridgehead atoms. The lowest BCUT2D eigenvalue weighted by atomic mass is 10.1. The standard InChI is InChI=1S/C25H29N3O6S2/c1-17-21(33-2)13-19(14-22(17)34-3)25(30)28(12-8-11-18-9-6-5-7-10-18)15-23-26-20(16-35-23)24(29)27-36(4,31)32/h5-7,9-10,13-14,16H,8,11-12,15H2,1-4H3,(H,27,29). The van der Waals surface area contributed by atoms with Crippen LogP contribution in [0.25, 0.3) is 0 Å². The number of amides is 2. The summed E-state index contributed by atoms with van der Waals surface area (Å²) in [6.07, 6.45) is 2.39. The molecule has 192 valence electrons. The van der Waals surface area contributed by atoms with Crippen LogP contribution in [0.3, 0.4) is 0 Å². The second-order valence-corrected chi connectivity index (χ2v) is 10.8. The molecule has 0 spiro atoms. The minimum Gasteiger partial charge on any atom is -0.496 e. The predicted octanol–water partition coefficient (Wildman–Crippen LogP) is 3.43. The Hall–Kier alpha value is -3.44. The number of thiazole rings is 1. The first-order valence-corrected chi connectivity index (χ1v) is 13.9. The van der Waals surface area contributed by atoms with Crippen molar-refractivity contribution in [2.75, 3.05) is 27.0 Å². The number of hydrogen-bond acceptors (Lipinski definition) is 8. The van der Waals surface area contributed by atoms with Gasteiger partial charge in [-0.2, -0.15) is 0 Å². The van der Waals surface area contributed by atoms with E-state index >= 15 is 0 Å². The van der Waals surface area contributed by atoms with Crippen LogP contribution < -0.4 is 14.2 Å². The van der Waals surface area contributed by atoms with Crippen LogP contribution in [0.2, 0.25) is 0 Å². The van der Waals surface area contributed by atoms with Crippen LogP contribution in [0.1, 0.15) is 43.4 Å². The van der Waals surface area contributed by atoms with E-state index in [0.717, 1.165) is 23.8 Å². The number of benzene rings is 2. The van der Waals surface area contributed by atoms with Crippen molar-refractivity contribution in [3.63, 3.8) is 0 Å². The SMILES string of the molecule is COc1cc(C(=O)N(CCCc2ccccc2)Cc2nc(C(=O)NS(C)(=O)=O)cs2)cc(OC)c1C. The minimum absolute atomic E-state index is 0.0178. The Bertz CT molecular complexity index is 1300. The van der Waals surface area contributed by atoms with Gasteiger partial charge in [0.15, 0.2) is 0 Å². The maximum atomic E-state index is 13.6. The number of nitrogens with zero attached hydrogens (tertiary/aromatic N) is 2. The molecule has 0 atom stereocenters. The highest BCUT2D eigenvalue weighted by molar-refractivity contribution is 7.89. The van der Waals surface area contributed by atoms with Crippen molar-refractivity contribution in [2.24, 2.45) is 0 Å². The summed E-state index contributed by atoms with van der Waals surface area (Å²) >= 11 is 1.18. The van der Waals surface area contributed by atoms with Gasteiger partial charge >= 0.3 is 0 Å². The molecule has 0 aliphatic rings. The van der Waals surface area contributed by atoms with E-state index < -0.39 is 15.9 Å². The van der Waals surface area contributed by atoms with Crippen LogP contribution in [-0.2, 0) is 23.0 Å². The van der Waals surface area contributed by atoms with Gasteiger partial charge in [0, 0.05) is 23.1 Å². The highest BCUT2D eigenvalue weighted by Crippen LogP contribution is 2.30. The van der Waals surface area contributed by atoms with Gasteiger partial charge in [0.1, 0.15) is 22.2 Å². The zero-order valence-corrected chi connectivity index (χ0v) is 22.2. The van der Waals surface area contributed by atoms with Gasteiger partial charge < -0.3 is 14.4 Å². The van der Waals surface area contributed by atoms with Crippen LogP contribution in [0.15, 0.2) is 47.8 Å². The van der Waals surface area contributed by atoms with Crippen LogP contribution in [0.4, 0.5) is 0 Å². The quantitative estimate of drug-likeness (QED) is 0.403. The van der Waals surface area contributed by atoms with E-state index in [2.05, 4.69) is 4.98 Å². The molecule has 0 radical (unpaired) electrons. The lowest BCUT2D eigenvalue weighted by molar-refractivity contribution is 0.0740. The Kier molecular flexibility index (Phi) is 9.05. The Morgan fingerprint density at radius 3 is 2.31 bits per heavy atom. The van der Waals surface area contributed by atoms with Crippen LogP contribution in [0.5, 0.6) is 11.5 Å². The van der Waals surface area contributed by atoms with Gasteiger partial charge in [-0.3, -0.25) is 9.59 Å². The summed E-state index contributed by atoms with van der Waals surface area (Å²) in [6.45, 7) is 2.45. The largest absolute Gasteiger partial charge is 0.496 e. The molecule has 3 aromatic rings. The molecule has 1 N–H and O–H groups in total. The number of hydrogen-bond donors (Lipinski definition) is 1. The molecule has 0 saturated heterocycles. The van der Waals surface area contributed by atoms with Crippen molar-refractivity contribution in [1.82, 2.24) is 14.6 Å². The minimum atomic E-state index is -3.71. The van der Waals surface area contributed by atoms with E-state index in [9.17, 15) is 18.0 Å². The van der Waals surface area contributed by atoms with Crippen molar-refractivity contribution in [2.45, 2.75) is 26.3 Å². The Balaban J connectivity index is 1.84. The van der Waals surface area contributed by atoms with Crippen LogP contribution in [0, 0.1) is 6.92 Å². The van der Waals surface area contributed by atoms with Gasteiger partial charge in [0.05, 0.1) is 27.0 Å². The van der Waals surface area contributed by atoms with Crippen molar-refractivity contribution in [3.8, 4) is 11.5 Å². The monoisotopic (exact) mass is 531 g/mol. The summed E-state index contributed by atoms with van der Waals surface area (Å²) in [5.74, 6) is 0.0267. The third-order valence-electron chi connectivity index (χ3n) is 5.41. The Morgan fingerprint density at radius 1 is 1.08 bits per heavy atom. The lowest BCUT2D eigenvalue weighted by Gasteiger charge is -2.23. The first-order chi connectivity index (χ1) is 17.1. The molecule has 0 unspecified atom stereocenters. The fraction of sp³-hybridized carbons (Fsp3) is 0.320. The zero-order valence-electron chi connectivity index (χ0n) is 20.6. The molecule has 1 heterocycles. The molecule has 1 aromatic heterocycles. The van der Waals surface area contributed by atoms with E-state index in [4.69, 9.17) is 9.47 Å². The van der Waals surface area contributed by atoms with E-state index in [1.54, 1.807) is 17.0 Å². The number of carbonyl (C=O) groups is 2. The third-order valence-corrected chi connectivity index (χ3v) is 6.80. The van der Waals surface area contributed by atoms with Gasteiger partial charge in [0.25, 0.3) is 11.8 Å². The number of methoxy groups -OCH3 is 2. The van der Waals surface area contributed by atoms with Crippen molar-refractivity contribution in [1.29, 1.82) is 0 Å². The molecule has 0 fully saturated rings. The average Bonchev–Trinajstić information content (AvgIpc) is 3.31.